The molecule has 1 fully saturated rings. The van der Waals surface area contributed by atoms with Crippen molar-refractivity contribution in [2.24, 2.45) is 0 Å². The number of ether oxygens (including phenoxy) is 9. The summed E-state index contributed by atoms with van der Waals surface area (Å²) < 4.78 is 43.9. The Morgan fingerprint density at radius 1 is 0.333 bits per heavy atom. The summed E-state index contributed by atoms with van der Waals surface area (Å²) in [5, 5.41) is 110. The molecule has 1 aliphatic rings. The van der Waals surface area contributed by atoms with E-state index in [2.05, 4.69) is 71.1 Å². The second kappa shape index (κ2) is 46.2. The van der Waals surface area contributed by atoms with E-state index in [0.29, 0.717) is 38.5 Å². The fourth-order valence-corrected chi connectivity index (χ4v) is 4.41. The number of aliphatic hydroxyl groups excluding tert-OH is 12. The van der Waals surface area contributed by atoms with Gasteiger partial charge in [-0.1, -0.05) is 0 Å². The van der Waals surface area contributed by atoms with Crippen molar-refractivity contribution in [2.75, 3.05) is 79.3 Å². The van der Waals surface area contributed by atoms with Crippen molar-refractivity contribution in [1.82, 2.24) is 0 Å². The molecule has 0 radical (unpaired) electrons. The fourth-order valence-electron chi connectivity index (χ4n) is 4.41. The molecule has 354 valence electrons. The summed E-state index contributed by atoms with van der Waals surface area (Å²) in [7, 11) is 18.7. The molecule has 0 aliphatic heterocycles. The maximum Gasteiger partial charge on any atom is 0.105 e. The van der Waals surface area contributed by atoms with Crippen LogP contribution in [0.5, 0.6) is 0 Å². The maximum atomic E-state index is 9.99. The Hall–Kier alpha value is -3.84. The molecule has 0 aromatic carbocycles. The molecular weight excluding hydrogens is 1570 g/mol. The van der Waals surface area contributed by atoms with E-state index >= 15 is 0 Å². The minimum Gasteiger partial charge on any atom is -0.553 e. The Morgan fingerprint density at radius 3 is 0.683 bits per heavy atom. The van der Waals surface area contributed by atoms with E-state index in [1.807, 2.05) is 0 Å². The molecule has 0 aromatic heterocycles. The Kier molecular flexibility index (Phi) is 52.3. The van der Waals surface area contributed by atoms with Gasteiger partial charge in [0.25, 0.3) is 0 Å². The van der Waals surface area contributed by atoms with Crippen LogP contribution in [0, 0.1) is 42.7 Å². The van der Waals surface area contributed by atoms with Gasteiger partial charge >= 0.3 is 0 Å². The fraction of sp³-hybridized carbons (Fsp3) is 0.833. The van der Waals surface area contributed by atoms with Crippen molar-refractivity contribution in [2.45, 2.75) is 112 Å². The summed E-state index contributed by atoms with van der Waals surface area (Å²) in [5.74, 6) is 0. The quantitative estimate of drug-likeness (QED) is 0.0311. The zero-order valence-corrected chi connectivity index (χ0v) is 54.3. The second-order valence-corrected chi connectivity index (χ2v) is 12.7. The summed E-state index contributed by atoms with van der Waals surface area (Å²) in [6.07, 6.45) is -7.75. The molecule has 0 heterocycles. The van der Waals surface area contributed by atoms with Gasteiger partial charge in [0, 0.05) is 59.5 Å². The molecule has 9 unspecified atom stereocenters. The maximum absolute atomic E-state index is 9.99. The van der Waals surface area contributed by atoms with E-state index < -0.39 is 73.2 Å². The van der Waals surface area contributed by atoms with Crippen molar-refractivity contribution in [3.63, 3.8) is 0 Å². The van der Waals surface area contributed by atoms with Crippen LogP contribution in [0.3, 0.4) is 0 Å². The Bertz CT molecular complexity index is 701. The first-order valence-electron chi connectivity index (χ1n) is 18.2. The van der Waals surface area contributed by atoms with E-state index in [-0.39, 0.29) is 79.3 Å². The van der Waals surface area contributed by atoms with E-state index in [9.17, 15) is 30.6 Å². The SMILES string of the molecule is [CH2-]OCC(O)C(O)COC1CC(OCC(O)C(O)CO[CH2-])CC(OCC(O)C(O)CO[CH2-])C1.[CH2-]OCC(O)CCO.[CH2-]OCC(O)CCO.[CH2-]OCC(O)CCO.[Rf].[Rf].[Rf]. The molecule has 24 heteroatoms. The van der Waals surface area contributed by atoms with Crippen molar-refractivity contribution in [1.29, 1.82) is 0 Å². The Labute approximate surface area is 337 Å². The molecular formula is C36H72O21Rf3-6. The van der Waals surface area contributed by atoms with Gasteiger partial charge in [0.15, 0.2) is 0 Å². The summed E-state index contributed by atoms with van der Waals surface area (Å²) in [5.41, 5.74) is 0. The predicted molar refractivity (Wildman–Crippen MR) is 200 cm³/mol. The van der Waals surface area contributed by atoms with Crippen molar-refractivity contribution in [3.8, 4) is 0 Å². The normalized spacial score (nSPS) is 20.4. The summed E-state index contributed by atoms with van der Waals surface area (Å²) in [6, 6.07) is 0. The molecule has 12 N–H and O–H groups in total. The van der Waals surface area contributed by atoms with Crippen LogP contribution in [-0.2, 0) is 42.6 Å². The largest absolute Gasteiger partial charge is 0.553 e. The van der Waals surface area contributed by atoms with Gasteiger partial charge in [0.2, 0.25) is 0 Å². The molecule has 21 nitrogen and oxygen atoms in total. The number of aliphatic hydroxyl groups is 12. The third-order valence-corrected chi connectivity index (χ3v) is 7.60. The van der Waals surface area contributed by atoms with Crippen LogP contribution >= 0.6 is 0 Å². The van der Waals surface area contributed by atoms with Crippen molar-refractivity contribution >= 4 is 0 Å². The van der Waals surface area contributed by atoms with Gasteiger partial charge in [0.1, 0.15) is 36.6 Å². The van der Waals surface area contributed by atoms with Gasteiger partial charge in [-0.05, 0) is 38.5 Å². The van der Waals surface area contributed by atoms with E-state index in [4.69, 9.17) is 44.8 Å². The van der Waals surface area contributed by atoms with Crippen molar-refractivity contribution < 1.29 is 104 Å². The molecule has 1 aliphatic carbocycles. The summed E-state index contributed by atoms with van der Waals surface area (Å²) in [6.45, 7) is -0.401. The molecule has 0 bridgehead atoms. The van der Waals surface area contributed by atoms with Crippen LogP contribution in [0.1, 0.15) is 38.5 Å². The molecule has 0 saturated heterocycles. The third-order valence-electron chi connectivity index (χ3n) is 7.60. The van der Waals surface area contributed by atoms with Crippen molar-refractivity contribution in [3.05, 3.63) is 42.7 Å². The summed E-state index contributed by atoms with van der Waals surface area (Å²) in [4.78, 5) is 0. The molecule has 0 spiro atoms. The van der Waals surface area contributed by atoms with Gasteiger partial charge in [-0.25, -0.2) is 42.7 Å². The topological polar surface area (TPSA) is 326 Å². The molecule has 1 rings (SSSR count). The van der Waals surface area contributed by atoms with E-state index in [1.54, 1.807) is 0 Å². The first-order valence-corrected chi connectivity index (χ1v) is 18.2. The van der Waals surface area contributed by atoms with Crippen LogP contribution < -0.4 is 0 Å². The second-order valence-electron chi connectivity index (χ2n) is 12.7. The van der Waals surface area contributed by atoms with E-state index in [1.165, 1.54) is 0 Å². The zero-order chi connectivity index (χ0) is 44.0. The van der Waals surface area contributed by atoms with Gasteiger partial charge in [-0.2, -0.15) is 0 Å². The van der Waals surface area contributed by atoms with Crippen LogP contribution in [0.2, 0.25) is 0 Å². The molecule has 9 atom stereocenters. The van der Waals surface area contributed by atoms with Crippen LogP contribution in [0.25, 0.3) is 0 Å². The molecule has 0 amide bonds. The zero-order valence-electron chi connectivity index (χ0n) is 35.1. The summed E-state index contributed by atoms with van der Waals surface area (Å²) >= 11 is 0. The average Bonchev–Trinajstić information content (AvgIpc) is 3.16. The first-order chi connectivity index (χ1) is 27.1. The van der Waals surface area contributed by atoms with Crippen LogP contribution in [-0.4, -0.2) is 214 Å². The average molecular weight is 1640 g/mol. The molecule has 60 heavy (non-hydrogen) atoms. The van der Waals surface area contributed by atoms with E-state index in [0.717, 1.165) is 0 Å². The number of hydrogen-bond acceptors (Lipinski definition) is 21. The van der Waals surface area contributed by atoms with Crippen LogP contribution in [0.15, 0.2) is 0 Å². The molecule has 0 aromatic rings. The Balaban J connectivity index is -0.000000220. The minimum atomic E-state index is -1.19. The third kappa shape index (κ3) is 39.6. The van der Waals surface area contributed by atoms with Crippen LogP contribution in [0.4, 0.5) is 0 Å². The smallest absolute Gasteiger partial charge is 0.105 e. The van der Waals surface area contributed by atoms with Gasteiger partial charge in [-0.3, -0.25) is 0 Å². The molecule has 1 saturated carbocycles. The standard InChI is InChI=1S/C21H39O12.3C5H11O3.3Rf/c1-28-7-16(22)19(25)10-31-13-4-14(32-11-20(26)17(23)8-29-2)6-15(5-13)33-12-21(27)18(24)9-30-3;3*1-8-4-5(7)2-3-6;;;/h13-27H,1-12H2;3*5-7H,1-4H2;;;/q-3;3*-1;;;. The minimum absolute atomic E-state index is 0. The van der Waals surface area contributed by atoms with Gasteiger partial charge < -0.3 is 104 Å². The Morgan fingerprint density at radius 2 is 0.517 bits per heavy atom. The monoisotopic (exact) mass is 1640 g/mol. The predicted octanol–water partition coefficient (Wildman–Crippen LogP) is -3.47. The first kappa shape index (κ1) is 67.9. The van der Waals surface area contributed by atoms with Gasteiger partial charge in [0.05, 0.1) is 56.4 Å². The number of rotatable bonds is 30. The number of hydrogen-bond donors (Lipinski definition) is 12. The van der Waals surface area contributed by atoms with Gasteiger partial charge in [-0.15, -0.1) is 0 Å².